The maximum atomic E-state index is 12.9. The lowest BCUT2D eigenvalue weighted by Gasteiger charge is -2.08. The maximum Gasteiger partial charge on any atom is 0.299 e. The van der Waals surface area contributed by atoms with Gasteiger partial charge in [0.15, 0.2) is 11.4 Å². The summed E-state index contributed by atoms with van der Waals surface area (Å²) < 4.78 is 4.01. The van der Waals surface area contributed by atoms with Gasteiger partial charge in [0.25, 0.3) is 11.1 Å². The van der Waals surface area contributed by atoms with Gasteiger partial charge in [0.1, 0.15) is 11.6 Å². The number of nitrogens with zero attached hydrogens (tertiary/aromatic N) is 6. The summed E-state index contributed by atoms with van der Waals surface area (Å²) in [4.78, 5) is 25.3. The Hall–Kier alpha value is -3.93. The normalized spacial score (nSPS) is 11.1. The molecule has 9 nitrogen and oxygen atoms in total. The molecule has 0 aliphatic heterocycles. The molecule has 2 aromatic heterocycles. The van der Waals surface area contributed by atoms with Crippen LogP contribution in [0.3, 0.4) is 0 Å². The quantitative estimate of drug-likeness (QED) is 0.704. The minimum atomic E-state index is -0.616. The first-order valence-electron chi connectivity index (χ1n) is 8.38. The minimum Gasteiger partial charge on any atom is -0.493 e. The number of aromatic nitrogens is 3. The van der Waals surface area contributed by atoms with Gasteiger partial charge in [-0.2, -0.15) is 5.26 Å². The average Bonchev–Trinajstić information content (AvgIpc) is 2.90. The predicted octanol–water partition coefficient (Wildman–Crippen LogP) is 2.48. The molecule has 28 heavy (non-hydrogen) atoms. The van der Waals surface area contributed by atoms with Crippen LogP contribution < -0.4 is 11.1 Å². The van der Waals surface area contributed by atoms with Crippen LogP contribution in [0, 0.1) is 25.2 Å². The molecular weight excluding hydrogens is 360 g/mol. The Bertz CT molecular complexity index is 1260. The van der Waals surface area contributed by atoms with E-state index in [0.717, 1.165) is 4.57 Å². The van der Waals surface area contributed by atoms with Crippen molar-refractivity contribution >= 4 is 11.4 Å². The Kier molecular flexibility index (Phi) is 4.71. The van der Waals surface area contributed by atoms with E-state index in [1.54, 1.807) is 30.8 Å². The van der Waals surface area contributed by atoms with Crippen LogP contribution in [0.1, 0.15) is 16.8 Å². The zero-order valence-electron chi connectivity index (χ0n) is 15.8. The van der Waals surface area contributed by atoms with E-state index in [-0.39, 0.29) is 28.1 Å². The predicted molar refractivity (Wildman–Crippen MR) is 103 cm³/mol. The lowest BCUT2D eigenvalue weighted by molar-refractivity contribution is 0.421. The number of hydrogen-bond acceptors (Lipinski definition) is 6. The Balaban J connectivity index is 2.19. The summed E-state index contributed by atoms with van der Waals surface area (Å²) in [6.45, 7) is 3.21. The number of aromatic hydroxyl groups is 1. The molecule has 0 saturated carbocycles. The van der Waals surface area contributed by atoms with Gasteiger partial charge in [0, 0.05) is 19.7 Å². The van der Waals surface area contributed by atoms with Crippen molar-refractivity contribution in [3.8, 4) is 17.6 Å². The van der Waals surface area contributed by atoms with E-state index in [4.69, 9.17) is 0 Å². The van der Waals surface area contributed by atoms with Gasteiger partial charge in [-0.1, -0.05) is 18.2 Å². The van der Waals surface area contributed by atoms with Gasteiger partial charge in [-0.15, -0.1) is 10.2 Å². The molecule has 0 unspecified atom stereocenters. The lowest BCUT2D eigenvalue weighted by atomic mass is 10.1. The van der Waals surface area contributed by atoms with Gasteiger partial charge < -0.3 is 5.11 Å². The van der Waals surface area contributed by atoms with Crippen molar-refractivity contribution in [1.82, 2.24) is 13.9 Å². The molecule has 0 saturated heterocycles. The van der Waals surface area contributed by atoms with Gasteiger partial charge >= 0.3 is 0 Å². The second-order valence-corrected chi connectivity index (χ2v) is 6.26. The van der Waals surface area contributed by atoms with E-state index in [0.29, 0.717) is 11.4 Å². The first kappa shape index (κ1) is 18.8. The monoisotopic (exact) mass is 378 g/mol. The third-order valence-electron chi connectivity index (χ3n) is 4.66. The van der Waals surface area contributed by atoms with Crippen LogP contribution in [-0.4, -0.2) is 19.0 Å². The summed E-state index contributed by atoms with van der Waals surface area (Å²) in [6.07, 6.45) is 0. The summed E-state index contributed by atoms with van der Waals surface area (Å²) in [7, 11) is 3.05. The molecular formula is C19H18N6O3. The molecule has 0 atom stereocenters. The van der Waals surface area contributed by atoms with E-state index in [9.17, 15) is 20.0 Å². The molecule has 0 aliphatic rings. The Morgan fingerprint density at radius 1 is 1.00 bits per heavy atom. The standard InChI is InChI=1S/C19H18N6O3/c1-11-14(10-20)17(26)23(3)18(27)15(11)21-22-16-12(2)24(4)25(19(16)28)13-8-6-5-7-9-13/h5-9,26H,1-4H3. The van der Waals surface area contributed by atoms with Crippen molar-refractivity contribution in [3.05, 3.63) is 67.9 Å². The van der Waals surface area contributed by atoms with E-state index >= 15 is 0 Å². The number of hydrogen-bond donors (Lipinski definition) is 1. The molecule has 9 heteroatoms. The molecule has 0 aliphatic carbocycles. The number of rotatable bonds is 3. The van der Waals surface area contributed by atoms with E-state index in [2.05, 4.69) is 10.2 Å². The van der Waals surface area contributed by atoms with Gasteiger partial charge in [0.05, 0.1) is 11.4 Å². The molecule has 1 aromatic carbocycles. The van der Waals surface area contributed by atoms with Gasteiger partial charge in [-0.25, -0.2) is 4.68 Å². The van der Waals surface area contributed by atoms with Crippen molar-refractivity contribution in [2.45, 2.75) is 13.8 Å². The fourth-order valence-corrected chi connectivity index (χ4v) is 2.89. The van der Waals surface area contributed by atoms with Crippen LogP contribution in [0.4, 0.5) is 11.4 Å². The maximum absolute atomic E-state index is 12.9. The fourth-order valence-electron chi connectivity index (χ4n) is 2.89. The smallest absolute Gasteiger partial charge is 0.299 e. The third kappa shape index (κ3) is 2.81. The molecule has 0 spiro atoms. The Morgan fingerprint density at radius 2 is 1.61 bits per heavy atom. The largest absolute Gasteiger partial charge is 0.493 e. The molecule has 142 valence electrons. The van der Waals surface area contributed by atoms with E-state index in [1.807, 2.05) is 24.3 Å². The van der Waals surface area contributed by atoms with Crippen molar-refractivity contribution in [3.63, 3.8) is 0 Å². The summed E-state index contributed by atoms with van der Waals surface area (Å²) in [6, 6.07) is 10.9. The molecule has 0 bridgehead atoms. The molecule has 1 N–H and O–H groups in total. The van der Waals surface area contributed by atoms with Crippen LogP contribution in [0.15, 0.2) is 50.1 Å². The van der Waals surface area contributed by atoms with Crippen LogP contribution in [0.2, 0.25) is 0 Å². The molecule has 3 rings (SSSR count). The fraction of sp³-hybridized carbons (Fsp3) is 0.211. The van der Waals surface area contributed by atoms with Gasteiger partial charge in [-0.05, 0) is 26.0 Å². The molecule has 0 radical (unpaired) electrons. The highest BCUT2D eigenvalue weighted by molar-refractivity contribution is 5.56. The second-order valence-electron chi connectivity index (χ2n) is 6.26. The molecule has 2 heterocycles. The highest BCUT2D eigenvalue weighted by Crippen LogP contribution is 2.26. The van der Waals surface area contributed by atoms with Crippen LogP contribution in [0.25, 0.3) is 5.69 Å². The molecule has 0 amide bonds. The number of nitriles is 1. The SMILES string of the molecule is Cc1c(C#N)c(O)n(C)c(=O)c1N=Nc1c(C)n(C)n(-c2ccccc2)c1=O. The van der Waals surface area contributed by atoms with Crippen LogP contribution in [-0.2, 0) is 14.1 Å². The number of azo groups is 1. The topological polar surface area (TPSA) is 118 Å². The number of benzene rings is 1. The van der Waals surface area contributed by atoms with Crippen molar-refractivity contribution in [2.75, 3.05) is 0 Å². The van der Waals surface area contributed by atoms with Crippen molar-refractivity contribution < 1.29 is 5.11 Å². The first-order valence-corrected chi connectivity index (χ1v) is 8.38. The Labute approximate surface area is 160 Å². The van der Waals surface area contributed by atoms with Crippen LogP contribution in [0.5, 0.6) is 5.88 Å². The van der Waals surface area contributed by atoms with Crippen molar-refractivity contribution in [1.29, 1.82) is 5.26 Å². The average molecular weight is 378 g/mol. The third-order valence-corrected chi connectivity index (χ3v) is 4.66. The Morgan fingerprint density at radius 3 is 2.21 bits per heavy atom. The van der Waals surface area contributed by atoms with E-state index in [1.165, 1.54) is 18.7 Å². The lowest BCUT2D eigenvalue weighted by Crippen LogP contribution is -2.19. The van der Waals surface area contributed by atoms with Crippen LogP contribution >= 0.6 is 0 Å². The van der Waals surface area contributed by atoms with Gasteiger partial charge in [-0.3, -0.25) is 18.8 Å². The summed E-state index contributed by atoms with van der Waals surface area (Å²) in [5, 5.41) is 27.1. The zero-order chi connectivity index (χ0) is 20.6. The molecule has 0 fully saturated rings. The zero-order valence-corrected chi connectivity index (χ0v) is 15.8. The summed E-state index contributed by atoms with van der Waals surface area (Å²) >= 11 is 0. The summed E-state index contributed by atoms with van der Waals surface area (Å²) in [5.74, 6) is -0.439. The second kappa shape index (κ2) is 7.00. The van der Waals surface area contributed by atoms with Crippen molar-refractivity contribution in [2.24, 2.45) is 24.3 Å². The summed E-state index contributed by atoms with van der Waals surface area (Å²) in [5.41, 5.74) is 0.337. The molecule has 3 aromatic rings. The van der Waals surface area contributed by atoms with E-state index < -0.39 is 11.4 Å². The highest BCUT2D eigenvalue weighted by Gasteiger charge is 2.19. The van der Waals surface area contributed by atoms with Gasteiger partial charge in [0.2, 0.25) is 5.88 Å². The number of pyridine rings is 1. The minimum absolute atomic E-state index is 0.0671. The first-order chi connectivity index (χ1) is 13.3. The highest BCUT2D eigenvalue weighted by atomic mass is 16.3. The number of para-hydroxylation sites is 1.